The Labute approximate surface area is 83.0 Å². The van der Waals surface area contributed by atoms with E-state index in [0.29, 0.717) is 12.2 Å². The number of hydrogen-bond donors (Lipinski definition) is 2. The van der Waals surface area contributed by atoms with E-state index in [-0.39, 0.29) is 11.9 Å². The first-order chi connectivity index (χ1) is 6.47. The Balaban J connectivity index is 2.26. The van der Waals surface area contributed by atoms with Gasteiger partial charge in [0.15, 0.2) is 0 Å². The molecule has 1 aromatic rings. The highest BCUT2D eigenvalue weighted by molar-refractivity contribution is 5.43. The molecule has 3 heteroatoms. The highest BCUT2D eigenvalue weighted by Gasteiger charge is 2.34. The van der Waals surface area contributed by atoms with Crippen LogP contribution in [0.15, 0.2) is 18.2 Å². The molecular weight excluding hydrogens is 180 g/mol. The fourth-order valence-corrected chi connectivity index (χ4v) is 1.61. The Morgan fingerprint density at radius 1 is 1.43 bits per heavy atom. The van der Waals surface area contributed by atoms with E-state index in [1.54, 1.807) is 26.0 Å². The minimum atomic E-state index is -0.853. The lowest BCUT2D eigenvalue weighted by atomic mass is 9.97. The summed E-state index contributed by atoms with van der Waals surface area (Å²) in [5.74, 6) is 0.872. The van der Waals surface area contributed by atoms with Crippen molar-refractivity contribution in [2.45, 2.75) is 32.0 Å². The largest absolute Gasteiger partial charge is 0.508 e. The molecule has 1 aromatic carbocycles. The van der Waals surface area contributed by atoms with Crippen molar-refractivity contribution in [3.8, 4) is 11.5 Å². The Kier molecular flexibility index (Phi) is 1.93. The summed E-state index contributed by atoms with van der Waals surface area (Å²) in [5.41, 5.74) is 0.184. The van der Waals surface area contributed by atoms with Crippen molar-refractivity contribution in [3.05, 3.63) is 23.8 Å². The maximum Gasteiger partial charge on any atom is 0.131 e. The molecule has 1 heterocycles. The average Bonchev–Trinajstić information content (AvgIpc) is 2.45. The van der Waals surface area contributed by atoms with Crippen LogP contribution in [0.2, 0.25) is 0 Å². The summed E-state index contributed by atoms with van der Waals surface area (Å²) < 4.78 is 5.54. The predicted molar refractivity (Wildman–Crippen MR) is 52.5 cm³/mol. The van der Waals surface area contributed by atoms with Crippen molar-refractivity contribution in [3.63, 3.8) is 0 Å². The summed E-state index contributed by atoms with van der Waals surface area (Å²) in [6, 6.07) is 5.05. The molecule has 2 N–H and O–H groups in total. The first-order valence-electron chi connectivity index (χ1n) is 4.68. The van der Waals surface area contributed by atoms with Gasteiger partial charge in [-0.2, -0.15) is 0 Å². The maximum atomic E-state index is 9.77. The number of phenolic OH excluding ortho intramolecular Hbond substituents is 1. The summed E-state index contributed by atoms with van der Waals surface area (Å²) in [5, 5.41) is 19.0. The van der Waals surface area contributed by atoms with Gasteiger partial charge in [0.2, 0.25) is 0 Å². The number of hydrogen-bond acceptors (Lipinski definition) is 3. The van der Waals surface area contributed by atoms with Crippen molar-refractivity contribution in [2.75, 3.05) is 0 Å². The lowest BCUT2D eigenvalue weighted by Crippen LogP contribution is -2.39. The minimum absolute atomic E-state index is 0.195. The van der Waals surface area contributed by atoms with E-state index in [9.17, 15) is 10.2 Å². The quantitative estimate of drug-likeness (QED) is 0.711. The molecule has 0 amide bonds. The van der Waals surface area contributed by atoms with Gasteiger partial charge in [-0.25, -0.2) is 0 Å². The molecular formula is C11H14O3. The monoisotopic (exact) mass is 194 g/mol. The standard InChI is InChI=1S/C11H14O3/c1-11(2,13)10-5-7-3-4-8(12)6-9(7)14-10/h3-4,6,10,12-13H,5H2,1-2H3/t10-/m0/s1. The molecule has 0 fully saturated rings. The van der Waals surface area contributed by atoms with E-state index in [2.05, 4.69) is 0 Å². The molecule has 0 unspecified atom stereocenters. The van der Waals surface area contributed by atoms with Crippen LogP contribution in [0.3, 0.4) is 0 Å². The third kappa shape index (κ3) is 1.55. The van der Waals surface area contributed by atoms with Crippen LogP contribution in [0.1, 0.15) is 19.4 Å². The van der Waals surface area contributed by atoms with Crippen LogP contribution in [0, 0.1) is 0 Å². The lowest BCUT2D eigenvalue weighted by molar-refractivity contribution is -0.0230. The Hall–Kier alpha value is -1.22. The maximum absolute atomic E-state index is 9.77. The Bertz CT molecular complexity index is 352. The first-order valence-corrected chi connectivity index (χ1v) is 4.68. The van der Waals surface area contributed by atoms with Crippen molar-refractivity contribution >= 4 is 0 Å². The fourth-order valence-electron chi connectivity index (χ4n) is 1.61. The van der Waals surface area contributed by atoms with E-state index in [4.69, 9.17) is 4.74 Å². The molecule has 0 radical (unpaired) electrons. The normalized spacial score (nSPS) is 20.4. The zero-order valence-electron chi connectivity index (χ0n) is 8.32. The fraction of sp³-hybridized carbons (Fsp3) is 0.455. The number of fused-ring (bicyclic) bond motifs is 1. The number of aromatic hydroxyl groups is 1. The van der Waals surface area contributed by atoms with Crippen molar-refractivity contribution in [1.29, 1.82) is 0 Å². The number of rotatable bonds is 1. The number of benzene rings is 1. The molecule has 0 aromatic heterocycles. The summed E-state index contributed by atoms with van der Waals surface area (Å²) in [6.07, 6.45) is 0.471. The Morgan fingerprint density at radius 3 is 2.79 bits per heavy atom. The topological polar surface area (TPSA) is 49.7 Å². The second-order valence-corrected chi connectivity index (χ2v) is 4.26. The van der Waals surface area contributed by atoms with Crippen molar-refractivity contribution in [1.82, 2.24) is 0 Å². The van der Waals surface area contributed by atoms with Crippen LogP contribution in [-0.2, 0) is 6.42 Å². The second-order valence-electron chi connectivity index (χ2n) is 4.26. The molecule has 0 saturated heterocycles. The molecule has 3 nitrogen and oxygen atoms in total. The van der Waals surface area contributed by atoms with Gasteiger partial charge in [0.1, 0.15) is 17.6 Å². The van der Waals surface area contributed by atoms with Crippen LogP contribution in [0.5, 0.6) is 11.5 Å². The van der Waals surface area contributed by atoms with Crippen molar-refractivity contribution < 1.29 is 14.9 Å². The van der Waals surface area contributed by atoms with Crippen LogP contribution in [0.4, 0.5) is 0 Å². The van der Waals surface area contributed by atoms with Crippen LogP contribution in [0.25, 0.3) is 0 Å². The average molecular weight is 194 g/mol. The third-order valence-corrected chi connectivity index (χ3v) is 2.51. The predicted octanol–water partition coefficient (Wildman–Crippen LogP) is 1.47. The zero-order valence-corrected chi connectivity index (χ0v) is 8.32. The van der Waals surface area contributed by atoms with E-state index in [1.807, 2.05) is 6.07 Å². The molecule has 0 aliphatic carbocycles. The smallest absolute Gasteiger partial charge is 0.131 e. The van der Waals surface area contributed by atoms with Crippen molar-refractivity contribution in [2.24, 2.45) is 0 Å². The SMILES string of the molecule is CC(C)(O)[C@@H]1Cc2ccc(O)cc2O1. The van der Waals surface area contributed by atoms with E-state index in [1.165, 1.54) is 0 Å². The molecule has 0 bridgehead atoms. The van der Waals surface area contributed by atoms with Crippen LogP contribution >= 0.6 is 0 Å². The summed E-state index contributed by atoms with van der Waals surface area (Å²) in [4.78, 5) is 0. The molecule has 14 heavy (non-hydrogen) atoms. The summed E-state index contributed by atoms with van der Waals surface area (Å²) >= 11 is 0. The highest BCUT2D eigenvalue weighted by atomic mass is 16.5. The van der Waals surface area contributed by atoms with Crippen LogP contribution in [-0.4, -0.2) is 21.9 Å². The number of phenols is 1. The highest BCUT2D eigenvalue weighted by Crippen LogP contribution is 2.35. The van der Waals surface area contributed by atoms with E-state index in [0.717, 1.165) is 5.56 Å². The van der Waals surface area contributed by atoms with Crippen LogP contribution < -0.4 is 4.74 Å². The van der Waals surface area contributed by atoms with E-state index < -0.39 is 5.60 Å². The second kappa shape index (κ2) is 2.89. The molecule has 76 valence electrons. The summed E-state index contributed by atoms with van der Waals surface area (Å²) in [6.45, 7) is 3.45. The van der Waals surface area contributed by atoms with Gasteiger partial charge in [-0.1, -0.05) is 6.07 Å². The molecule has 0 saturated carbocycles. The number of aliphatic hydroxyl groups is 1. The minimum Gasteiger partial charge on any atom is -0.508 e. The van der Waals surface area contributed by atoms with Gasteiger partial charge in [0, 0.05) is 12.5 Å². The zero-order chi connectivity index (χ0) is 10.3. The number of ether oxygens (including phenoxy) is 1. The lowest BCUT2D eigenvalue weighted by Gasteiger charge is -2.24. The first kappa shape index (κ1) is 9.34. The molecule has 1 atom stereocenters. The molecule has 1 aliphatic heterocycles. The molecule has 2 rings (SSSR count). The molecule has 0 spiro atoms. The van der Waals surface area contributed by atoms with Gasteiger partial charge in [0.05, 0.1) is 5.60 Å². The summed E-state index contributed by atoms with van der Waals surface area (Å²) in [7, 11) is 0. The van der Waals surface area contributed by atoms with Gasteiger partial charge in [-0.3, -0.25) is 0 Å². The van der Waals surface area contributed by atoms with E-state index >= 15 is 0 Å². The van der Waals surface area contributed by atoms with Gasteiger partial charge in [-0.05, 0) is 25.5 Å². The van der Waals surface area contributed by atoms with Gasteiger partial charge < -0.3 is 14.9 Å². The third-order valence-electron chi connectivity index (χ3n) is 2.51. The van der Waals surface area contributed by atoms with Gasteiger partial charge in [0.25, 0.3) is 0 Å². The Morgan fingerprint density at radius 2 is 2.14 bits per heavy atom. The van der Waals surface area contributed by atoms with Gasteiger partial charge >= 0.3 is 0 Å². The molecule has 1 aliphatic rings. The van der Waals surface area contributed by atoms with Gasteiger partial charge in [-0.15, -0.1) is 0 Å².